The first-order chi connectivity index (χ1) is 17.1. The van der Waals surface area contributed by atoms with Crippen molar-refractivity contribution in [2.24, 2.45) is 0 Å². The molecule has 9 heteroatoms. The van der Waals surface area contributed by atoms with E-state index in [1.54, 1.807) is 54.2 Å². The summed E-state index contributed by atoms with van der Waals surface area (Å²) in [5.41, 5.74) is -0.212. The van der Waals surface area contributed by atoms with Gasteiger partial charge in [-0.3, -0.25) is 4.79 Å². The molecule has 0 aliphatic heterocycles. The maximum Gasteiger partial charge on any atom is 0.257 e. The van der Waals surface area contributed by atoms with Crippen molar-refractivity contribution in [2.75, 3.05) is 7.11 Å². The summed E-state index contributed by atoms with van der Waals surface area (Å²) in [6.45, 7) is 3.97. The Bertz CT molecular complexity index is 1380. The van der Waals surface area contributed by atoms with Gasteiger partial charge in [-0.25, -0.2) is 17.9 Å². The first-order valence-electron chi connectivity index (χ1n) is 11.3. The lowest BCUT2D eigenvalue weighted by Gasteiger charge is -2.28. The van der Waals surface area contributed by atoms with Gasteiger partial charge in [-0.15, -0.1) is 0 Å². The molecule has 1 N–H and O–H groups in total. The maximum atomic E-state index is 14.5. The summed E-state index contributed by atoms with van der Waals surface area (Å²) in [5, 5.41) is 7.74. The van der Waals surface area contributed by atoms with Crippen LogP contribution in [0.1, 0.15) is 32.4 Å². The molecule has 0 saturated carbocycles. The van der Waals surface area contributed by atoms with Crippen LogP contribution in [0.25, 0.3) is 16.6 Å². The molecule has 0 saturated heterocycles. The highest BCUT2D eigenvalue weighted by Crippen LogP contribution is 2.31. The van der Waals surface area contributed by atoms with Crippen molar-refractivity contribution in [1.82, 2.24) is 15.1 Å². The number of nitrogens with zero attached hydrogens (tertiary/aromatic N) is 2. The average Bonchev–Trinajstić information content (AvgIpc) is 3.25. The topological polar surface area (TPSA) is 65.4 Å². The van der Waals surface area contributed by atoms with Crippen molar-refractivity contribution in [3.8, 4) is 17.2 Å². The van der Waals surface area contributed by atoms with Crippen molar-refractivity contribution in [3.63, 3.8) is 0 Å². The molecule has 0 radical (unpaired) electrons. The van der Waals surface area contributed by atoms with E-state index in [0.717, 1.165) is 24.8 Å². The van der Waals surface area contributed by atoms with Crippen LogP contribution in [0.2, 0.25) is 0 Å². The summed E-state index contributed by atoms with van der Waals surface area (Å²) < 4.78 is 54.9. The van der Waals surface area contributed by atoms with Crippen LogP contribution in [0.15, 0.2) is 66.9 Å². The van der Waals surface area contributed by atoms with Crippen LogP contribution < -0.4 is 14.8 Å². The monoisotopic (exact) mass is 497 g/mol. The largest absolute Gasteiger partial charge is 0.494 e. The summed E-state index contributed by atoms with van der Waals surface area (Å²) >= 11 is 0. The lowest BCUT2D eigenvalue weighted by Crippen LogP contribution is -2.46. The molecule has 6 nitrogen and oxygen atoms in total. The summed E-state index contributed by atoms with van der Waals surface area (Å²) in [5.74, 6) is -1.25. The van der Waals surface area contributed by atoms with E-state index >= 15 is 0 Å². The third kappa shape index (κ3) is 5.30. The molecule has 4 aromatic rings. The molecule has 0 unspecified atom stereocenters. The number of methoxy groups -OCH3 is 1. The number of amides is 1. The minimum Gasteiger partial charge on any atom is -0.494 e. The summed E-state index contributed by atoms with van der Waals surface area (Å²) in [7, 11) is 1.36. The molecule has 4 rings (SSSR count). The zero-order chi connectivity index (χ0) is 26.0. The molecule has 0 aliphatic carbocycles. The van der Waals surface area contributed by atoms with Crippen LogP contribution in [0.5, 0.6) is 11.5 Å². The Labute approximate surface area is 206 Å². The molecule has 2 atom stereocenters. The van der Waals surface area contributed by atoms with Crippen molar-refractivity contribution in [2.45, 2.75) is 38.6 Å². The van der Waals surface area contributed by atoms with E-state index in [1.165, 1.54) is 31.4 Å². The predicted octanol–water partition coefficient (Wildman–Crippen LogP) is 5.69. The molecule has 1 amide bonds. The fourth-order valence-corrected chi connectivity index (χ4v) is 3.79. The fourth-order valence-electron chi connectivity index (χ4n) is 3.79. The number of ether oxygens (including phenoxy) is 2. The highest BCUT2D eigenvalue weighted by atomic mass is 19.1. The highest BCUT2D eigenvalue weighted by molar-refractivity contribution is 5.84. The Morgan fingerprint density at radius 1 is 1.06 bits per heavy atom. The Morgan fingerprint density at radius 3 is 2.42 bits per heavy atom. The van der Waals surface area contributed by atoms with Gasteiger partial charge in [0, 0.05) is 5.39 Å². The van der Waals surface area contributed by atoms with Gasteiger partial charge in [0.15, 0.2) is 17.2 Å². The first-order valence-corrected chi connectivity index (χ1v) is 11.3. The number of rotatable bonds is 8. The molecule has 0 spiro atoms. The number of carbonyl (C=O) groups is 1. The number of benzene rings is 3. The number of halogens is 3. The number of alkyl halides is 1. The smallest absolute Gasteiger partial charge is 0.257 e. The van der Waals surface area contributed by atoms with Gasteiger partial charge in [-0.1, -0.05) is 6.07 Å². The molecule has 188 valence electrons. The lowest BCUT2D eigenvalue weighted by atomic mass is 10.0. The Balaban J connectivity index is 1.66. The quantitative estimate of drug-likeness (QED) is 0.340. The van der Waals surface area contributed by atoms with Crippen molar-refractivity contribution in [3.05, 3.63) is 84.1 Å². The second-order valence-electron chi connectivity index (χ2n) is 8.92. The van der Waals surface area contributed by atoms with Crippen molar-refractivity contribution < 1.29 is 27.4 Å². The van der Waals surface area contributed by atoms with Crippen LogP contribution in [-0.4, -0.2) is 34.5 Å². The number of carbonyl (C=O) groups excluding carboxylic acids is 1. The minimum atomic E-state index is -2.10. The standard InChI is InChI=1S/C27H26F3N3O3/c1-16(32-26(34)27(2,3)30)25(17-5-12-24(35-4)22(29)14-17)36-21-10-11-23-18(13-21)15-31-33(23)20-8-6-19(28)7-9-20/h5-16,25H,1-4H3,(H,32,34)/t16-,25+/m0/s1. The third-order valence-electron chi connectivity index (χ3n) is 5.73. The number of hydrogen-bond acceptors (Lipinski definition) is 4. The summed E-state index contributed by atoms with van der Waals surface area (Å²) in [6.07, 6.45) is 0.797. The normalized spacial score (nSPS) is 13.3. The zero-order valence-electron chi connectivity index (χ0n) is 20.3. The molecule has 3 aromatic carbocycles. The molecule has 1 heterocycles. The highest BCUT2D eigenvalue weighted by Gasteiger charge is 2.31. The Kier molecular flexibility index (Phi) is 6.92. The van der Waals surface area contributed by atoms with E-state index in [1.807, 2.05) is 0 Å². The van der Waals surface area contributed by atoms with Gasteiger partial charge in [-0.2, -0.15) is 5.10 Å². The van der Waals surface area contributed by atoms with E-state index in [4.69, 9.17) is 9.47 Å². The van der Waals surface area contributed by atoms with Gasteiger partial charge >= 0.3 is 0 Å². The van der Waals surface area contributed by atoms with Gasteiger partial charge in [0.05, 0.1) is 30.6 Å². The molecule has 0 aliphatic rings. The van der Waals surface area contributed by atoms with E-state index < -0.39 is 29.5 Å². The fraction of sp³-hybridized carbons (Fsp3) is 0.259. The van der Waals surface area contributed by atoms with Crippen molar-refractivity contribution in [1.29, 1.82) is 0 Å². The first kappa shape index (κ1) is 25.1. The number of aromatic nitrogens is 2. The summed E-state index contributed by atoms with van der Waals surface area (Å²) in [4.78, 5) is 12.3. The Morgan fingerprint density at radius 2 is 1.78 bits per heavy atom. The van der Waals surface area contributed by atoms with Crippen LogP contribution in [0.4, 0.5) is 13.2 Å². The lowest BCUT2D eigenvalue weighted by molar-refractivity contribution is -0.132. The van der Waals surface area contributed by atoms with Crippen LogP contribution in [0.3, 0.4) is 0 Å². The van der Waals surface area contributed by atoms with E-state index in [2.05, 4.69) is 10.4 Å². The van der Waals surface area contributed by atoms with E-state index in [9.17, 15) is 18.0 Å². The molecule has 36 heavy (non-hydrogen) atoms. The average molecular weight is 498 g/mol. The molecule has 0 bridgehead atoms. The van der Waals surface area contributed by atoms with Crippen LogP contribution in [0, 0.1) is 11.6 Å². The zero-order valence-corrected chi connectivity index (χ0v) is 20.3. The van der Waals surface area contributed by atoms with Gasteiger partial charge in [0.1, 0.15) is 17.7 Å². The predicted molar refractivity (Wildman–Crippen MR) is 130 cm³/mol. The van der Waals surface area contributed by atoms with E-state index in [-0.39, 0.29) is 11.6 Å². The Hall–Kier alpha value is -4.01. The van der Waals surface area contributed by atoms with Gasteiger partial charge in [0.2, 0.25) is 0 Å². The molecule has 1 aromatic heterocycles. The van der Waals surface area contributed by atoms with Gasteiger partial charge in [-0.05, 0) is 80.9 Å². The second kappa shape index (κ2) is 9.93. The third-order valence-corrected chi connectivity index (χ3v) is 5.73. The van der Waals surface area contributed by atoms with Crippen molar-refractivity contribution >= 4 is 16.8 Å². The van der Waals surface area contributed by atoms with E-state index in [0.29, 0.717) is 17.0 Å². The number of hydrogen-bond donors (Lipinski definition) is 1. The minimum absolute atomic E-state index is 0.0636. The van der Waals surface area contributed by atoms with Gasteiger partial charge in [0.25, 0.3) is 5.91 Å². The van der Waals surface area contributed by atoms with Crippen LogP contribution in [-0.2, 0) is 4.79 Å². The molecular formula is C27H26F3N3O3. The number of nitrogens with one attached hydrogen (secondary N) is 1. The molecular weight excluding hydrogens is 471 g/mol. The maximum absolute atomic E-state index is 14.5. The molecule has 0 fully saturated rings. The second-order valence-corrected chi connectivity index (χ2v) is 8.92. The summed E-state index contributed by atoms with van der Waals surface area (Å²) in [6, 6.07) is 14.9. The SMILES string of the molecule is COc1ccc([C@H](Oc2ccc3c(cnn3-c3ccc(F)cc3)c2)[C@H](C)NC(=O)C(C)(C)F)cc1F. The van der Waals surface area contributed by atoms with Gasteiger partial charge < -0.3 is 14.8 Å². The number of fused-ring (bicyclic) bond motifs is 1. The van der Waals surface area contributed by atoms with Crippen LogP contribution >= 0.6 is 0 Å².